The first-order chi connectivity index (χ1) is 10.0. The number of halogens is 1. The van der Waals surface area contributed by atoms with Crippen LogP contribution in [0.2, 0.25) is 5.02 Å². The average molecular weight is 310 g/mol. The molecule has 1 amide bonds. The van der Waals surface area contributed by atoms with Crippen molar-refractivity contribution >= 4 is 17.5 Å². The summed E-state index contributed by atoms with van der Waals surface area (Å²) in [5.74, 6) is 0.568. The number of likely N-dealkylation sites (tertiary alicyclic amines) is 1. The van der Waals surface area contributed by atoms with Crippen LogP contribution in [0.3, 0.4) is 0 Å². The summed E-state index contributed by atoms with van der Waals surface area (Å²) in [5.41, 5.74) is 7.02. The predicted octanol–water partition coefficient (Wildman–Crippen LogP) is 2.02. The van der Waals surface area contributed by atoms with Crippen LogP contribution in [-0.4, -0.2) is 36.5 Å². The predicted molar refractivity (Wildman–Crippen MR) is 86.1 cm³/mol. The highest BCUT2D eigenvalue weighted by atomic mass is 35.5. The average Bonchev–Trinajstić information content (AvgIpc) is 2.47. The second-order valence-electron chi connectivity index (χ2n) is 5.90. The molecular formula is C16H24ClN3O. The molecule has 21 heavy (non-hydrogen) atoms. The van der Waals surface area contributed by atoms with Gasteiger partial charge < -0.3 is 11.1 Å². The van der Waals surface area contributed by atoms with E-state index in [1.165, 1.54) is 6.42 Å². The lowest BCUT2D eigenvalue weighted by Gasteiger charge is -2.34. The van der Waals surface area contributed by atoms with Crippen LogP contribution >= 0.6 is 11.6 Å². The third-order valence-corrected chi connectivity index (χ3v) is 4.31. The molecule has 3 N–H and O–H groups in total. The molecular weight excluding hydrogens is 286 g/mol. The van der Waals surface area contributed by atoms with E-state index in [0.29, 0.717) is 24.0 Å². The van der Waals surface area contributed by atoms with Gasteiger partial charge in [-0.3, -0.25) is 9.69 Å². The molecule has 5 heteroatoms. The van der Waals surface area contributed by atoms with Crippen molar-refractivity contribution in [2.45, 2.75) is 32.4 Å². The summed E-state index contributed by atoms with van der Waals surface area (Å²) in [6, 6.07) is 7.72. The van der Waals surface area contributed by atoms with Crippen LogP contribution in [0.4, 0.5) is 0 Å². The Bertz CT molecular complexity index is 461. The molecule has 0 radical (unpaired) electrons. The van der Waals surface area contributed by atoms with Crippen molar-refractivity contribution in [2.75, 3.05) is 19.6 Å². The number of nitrogens with two attached hydrogens (primary N) is 1. The van der Waals surface area contributed by atoms with Crippen molar-refractivity contribution in [1.82, 2.24) is 10.2 Å². The lowest BCUT2D eigenvalue weighted by Crippen LogP contribution is -2.46. The van der Waals surface area contributed by atoms with Gasteiger partial charge in [0.05, 0.1) is 6.54 Å². The first-order valence-corrected chi connectivity index (χ1v) is 7.91. The summed E-state index contributed by atoms with van der Waals surface area (Å²) in [5, 5.41) is 3.66. The summed E-state index contributed by atoms with van der Waals surface area (Å²) in [4.78, 5) is 14.2. The Morgan fingerprint density at radius 2 is 2.19 bits per heavy atom. The maximum Gasteiger partial charge on any atom is 0.234 e. The highest BCUT2D eigenvalue weighted by Gasteiger charge is 2.23. The van der Waals surface area contributed by atoms with Crippen molar-refractivity contribution in [3.63, 3.8) is 0 Å². The van der Waals surface area contributed by atoms with E-state index in [2.05, 4.69) is 17.1 Å². The number of nitrogens with zero attached hydrogens (tertiary/aromatic N) is 1. The molecule has 1 saturated heterocycles. The fourth-order valence-electron chi connectivity index (χ4n) is 2.73. The molecule has 0 spiro atoms. The zero-order chi connectivity index (χ0) is 15.2. The maximum absolute atomic E-state index is 12.0. The molecule has 116 valence electrons. The summed E-state index contributed by atoms with van der Waals surface area (Å²) < 4.78 is 0. The van der Waals surface area contributed by atoms with E-state index in [0.717, 1.165) is 25.1 Å². The van der Waals surface area contributed by atoms with E-state index in [-0.39, 0.29) is 11.9 Å². The van der Waals surface area contributed by atoms with Gasteiger partial charge in [-0.25, -0.2) is 0 Å². The number of rotatable bonds is 5. The van der Waals surface area contributed by atoms with E-state index in [4.69, 9.17) is 17.3 Å². The van der Waals surface area contributed by atoms with E-state index in [1.54, 1.807) is 0 Å². The molecule has 1 fully saturated rings. The van der Waals surface area contributed by atoms with Crippen LogP contribution in [0.1, 0.15) is 25.3 Å². The fraction of sp³-hybridized carbons (Fsp3) is 0.562. The van der Waals surface area contributed by atoms with Crippen LogP contribution in [0.15, 0.2) is 24.3 Å². The van der Waals surface area contributed by atoms with E-state index in [9.17, 15) is 4.79 Å². The topological polar surface area (TPSA) is 58.4 Å². The molecule has 1 aromatic carbocycles. The van der Waals surface area contributed by atoms with Crippen molar-refractivity contribution in [2.24, 2.45) is 11.7 Å². The number of carbonyl (C=O) groups is 1. The van der Waals surface area contributed by atoms with Crippen LogP contribution < -0.4 is 11.1 Å². The minimum Gasteiger partial charge on any atom is -0.351 e. The van der Waals surface area contributed by atoms with Gasteiger partial charge >= 0.3 is 0 Å². The molecule has 1 aliphatic rings. The molecule has 2 atom stereocenters. The third-order valence-electron chi connectivity index (χ3n) is 4.06. The Hall–Kier alpha value is -1.10. The lowest BCUT2D eigenvalue weighted by atomic mass is 9.92. The number of carbonyl (C=O) groups excluding carboxylic acids is 1. The normalized spacial score (nSPS) is 21.0. The zero-order valence-corrected chi connectivity index (χ0v) is 13.3. The number of hydrogen-bond acceptors (Lipinski definition) is 3. The minimum atomic E-state index is 0.0651. The molecule has 2 rings (SSSR count). The van der Waals surface area contributed by atoms with Crippen molar-refractivity contribution in [1.29, 1.82) is 0 Å². The smallest absolute Gasteiger partial charge is 0.234 e. The fourth-order valence-corrected chi connectivity index (χ4v) is 2.85. The Morgan fingerprint density at radius 1 is 1.48 bits per heavy atom. The minimum absolute atomic E-state index is 0.0651. The molecule has 0 saturated carbocycles. The van der Waals surface area contributed by atoms with Crippen LogP contribution in [0, 0.1) is 5.92 Å². The van der Waals surface area contributed by atoms with Gasteiger partial charge in [-0.05, 0) is 49.9 Å². The van der Waals surface area contributed by atoms with Crippen molar-refractivity contribution in [3.05, 3.63) is 34.9 Å². The van der Waals surface area contributed by atoms with E-state index in [1.807, 2.05) is 24.3 Å². The number of amides is 1. The number of benzene rings is 1. The monoisotopic (exact) mass is 309 g/mol. The summed E-state index contributed by atoms with van der Waals surface area (Å²) >= 11 is 5.84. The largest absolute Gasteiger partial charge is 0.351 e. The highest BCUT2D eigenvalue weighted by Crippen LogP contribution is 2.18. The van der Waals surface area contributed by atoms with Crippen molar-refractivity contribution in [3.8, 4) is 0 Å². The first-order valence-electron chi connectivity index (χ1n) is 7.53. The first kappa shape index (κ1) is 16.3. The SMILES string of the molecule is CC(N)C1CCCN(CC(=O)NCc2ccc(Cl)cc2)C1. The van der Waals surface area contributed by atoms with Crippen LogP contribution in [-0.2, 0) is 11.3 Å². The number of nitrogens with one attached hydrogen (secondary N) is 1. The Morgan fingerprint density at radius 3 is 2.86 bits per heavy atom. The molecule has 4 nitrogen and oxygen atoms in total. The molecule has 0 aromatic heterocycles. The molecule has 1 heterocycles. The van der Waals surface area contributed by atoms with Gasteiger partial charge in [0.15, 0.2) is 0 Å². The zero-order valence-electron chi connectivity index (χ0n) is 12.5. The standard InChI is InChI=1S/C16H24ClN3O/c1-12(18)14-3-2-8-20(10-14)11-16(21)19-9-13-4-6-15(17)7-5-13/h4-7,12,14H,2-3,8-11,18H2,1H3,(H,19,21). The molecule has 2 unspecified atom stereocenters. The van der Waals surface area contributed by atoms with Crippen LogP contribution in [0.25, 0.3) is 0 Å². The van der Waals surface area contributed by atoms with Gasteiger partial charge in [0, 0.05) is 24.2 Å². The Kier molecular flexibility index (Phi) is 6.03. The van der Waals surface area contributed by atoms with Gasteiger partial charge in [-0.15, -0.1) is 0 Å². The van der Waals surface area contributed by atoms with Crippen molar-refractivity contribution < 1.29 is 4.79 Å². The summed E-state index contributed by atoms with van der Waals surface area (Å²) in [6.45, 7) is 4.95. The van der Waals surface area contributed by atoms with Gasteiger partial charge in [0.2, 0.25) is 5.91 Å². The highest BCUT2D eigenvalue weighted by molar-refractivity contribution is 6.30. The van der Waals surface area contributed by atoms with Gasteiger partial charge in [-0.1, -0.05) is 23.7 Å². The summed E-state index contributed by atoms with van der Waals surface area (Å²) in [6.07, 6.45) is 2.29. The summed E-state index contributed by atoms with van der Waals surface area (Å²) in [7, 11) is 0. The van der Waals surface area contributed by atoms with Gasteiger partial charge in [0.1, 0.15) is 0 Å². The van der Waals surface area contributed by atoms with Crippen LogP contribution in [0.5, 0.6) is 0 Å². The number of piperidine rings is 1. The molecule has 1 aliphatic heterocycles. The van der Waals surface area contributed by atoms with E-state index < -0.39 is 0 Å². The quantitative estimate of drug-likeness (QED) is 0.875. The van der Waals surface area contributed by atoms with E-state index >= 15 is 0 Å². The second-order valence-corrected chi connectivity index (χ2v) is 6.34. The molecule has 0 aliphatic carbocycles. The second kappa shape index (κ2) is 7.78. The third kappa shape index (κ3) is 5.30. The molecule has 1 aromatic rings. The Balaban J connectivity index is 1.75. The maximum atomic E-state index is 12.0. The lowest BCUT2D eigenvalue weighted by molar-refractivity contribution is -0.122. The Labute approximate surface area is 131 Å². The molecule has 0 bridgehead atoms. The van der Waals surface area contributed by atoms with Gasteiger partial charge in [0.25, 0.3) is 0 Å². The number of hydrogen-bond donors (Lipinski definition) is 2. The van der Waals surface area contributed by atoms with Gasteiger partial charge in [-0.2, -0.15) is 0 Å².